The van der Waals surface area contributed by atoms with Crippen molar-refractivity contribution in [2.75, 3.05) is 0 Å². The van der Waals surface area contributed by atoms with Crippen molar-refractivity contribution in [2.24, 2.45) is 5.41 Å². The highest BCUT2D eigenvalue weighted by Gasteiger charge is 2.36. The van der Waals surface area contributed by atoms with Crippen LogP contribution in [0.3, 0.4) is 0 Å². The predicted octanol–water partition coefficient (Wildman–Crippen LogP) is 5.27. The molecule has 1 aliphatic rings. The molecule has 0 spiro atoms. The van der Waals surface area contributed by atoms with E-state index in [1.165, 1.54) is 5.56 Å². The third kappa shape index (κ3) is 3.16. The van der Waals surface area contributed by atoms with E-state index in [0.29, 0.717) is 11.1 Å². The molecule has 0 bridgehead atoms. The van der Waals surface area contributed by atoms with E-state index in [2.05, 4.69) is 40.7 Å². The van der Waals surface area contributed by atoms with Gasteiger partial charge in [-0.25, -0.2) is 4.57 Å². The lowest BCUT2D eigenvalue weighted by atomic mass is 9.72. The Kier molecular flexibility index (Phi) is 3.94. The van der Waals surface area contributed by atoms with Gasteiger partial charge in [0.15, 0.2) is 0 Å². The van der Waals surface area contributed by atoms with Gasteiger partial charge in [0.2, 0.25) is 0 Å². The van der Waals surface area contributed by atoms with Gasteiger partial charge in [-0.1, -0.05) is 58.9 Å². The maximum atomic E-state index is 12.5. The zero-order valence-corrected chi connectivity index (χ0v) is 15.9. The molecule has 1 heterocycles. The lowest BCUT2D eigenvalue weighted by Crippen LogP contribution is -2.26. The van der Waals surface area contributed by atoms with Crippen molar-refractivity contribution in [1.29, 1.82) is 0 Å². The van der Waals surface area contributed by atoms with Crippen LogP contribution in [0.4, 0.5) is 0 Å². The molecule has 3 rings (SSSR count). The Hall–Kier alpha value is -1.57. The van der Waals surface area contributed by atoms with E-state index in [9.17, 15) is 9.46 Å². The largest absolute Gasteiger partial charge is 0.421 e. The van der Waals surface area contributed by atoms with Crippen LogP contribution >= 0.6 is 7.60 Å². The van der Waals surface area contributed by atoms with Crippen LogP contribution in [0.2, 0.25) is 0 Å². The molecule has 2 aromatic rings. The maximum Gasteiger partial charge on any atom is 0.408 e. The maximum absolute atomic E-state index is 12.5. The van der Waals surface area contributed by atoms with E-state index in [4.69, 9.17) is 4.52 Å². The Morgan fingerprint density at radius 3 is 2.33 bits per heavy atom. The fourth-order valence-electron chi connectivity index (χ4n) is 3.80. The van der Waals surface area contributed by atoms with Crippen molar-refractivity contribution < 1.29 is 14.0 Å². The average molecular weight is 344 g/mol. The zero-order chi connectivity index (χ0) is 17.8. The summed E-state index contributed by atoms with van der Waals surface area (Å²) in [7, 11) is -3.82. The molecule has 1 atom stereocenters. The zero-order valence-electron chi connectivity index (χ0n) is 15.0. The van der Waals surface area contributed by atoms with E-state index in [0.717, 1.165) is 17.5 Å². The SMILES string of the molecule is CC(C)(C)CC(C)(C)c1ccc2c(c1)-c1ccccc1OP2(=O)O. The van der Waals surface area contributed by atoms with Crippen LogP contribution in [0.15, 0.2) is 42.5 Å². The molecular weight excluding hydrogens is 319 g/mol. The molecule has 2 aromatic carbocycles. The van der Waals surface area contributed by atoms with Gasteiger partial charge in [0, 0.05) is 11.1 Å². The summed E-state index contributed by atoms with van der Waals surface area (Å²) in [6.07, 6.45) is 1.02. The van der Waals surface area contributed by atoms with E-state index in [1.807, 2.05) is 24.3 Å². The number of para-hydroxylation sites is 1. The highest BCUT2D eigenvalue weighted by atomic mass is 31.2. The summed E-state index contributed by atoms with van der Waals surface area (Å²) in [5.41, 5.74) is 3.03. The number of hydrogen-bond acceptors (Lipinski definition) is 2. The molecule has 1 aliphatic heterocycles. The fraction of sp³-hybridized carbons (Fsp3) is 0.400. The molecule has 0 saturated heterocycles. The van der Waals surface area contributed by atoms with Gasteiger partial charge >= 0.3 is 7.60 Å². The minimum absolute atomic E-state index is 0.0278. The fourth-order valence-corrected chi connectivity index (χ4v) is 5.07. The average Bonchev–Trinajstić information content (AvgIpc) is 2.44. The lowest BCUT2D eigenvalue weighted by Gasteiger charge is -2.34. The van der Waals surface area contributed by atoms with Crippen molar-refractivity contribution in [3.05, 3.63) is 48.0 Å². The van der Waals surface area contributed by atoms with E-state index in [1.54, 1.807) is 12.1 Å². The van der Waals surface area contributed by atoms with E-state index < -0.39 is 7.60 Å². The Labute approximate surface area is 144 Å². The molecule has 0 amide bonds. The first kappa shape index (κ1) is 17.3. The third-order valence-corrected chi connectivity index (χ3v) is 5.90. The smallest absolute Gasteiger partial charge is 0.408 e. The summed E-state index contributed by atoms with van der Waals surface area (Å²) < 4.78 is 17.9. The number of hydrogen-bond donors (Lipinski definition) is 1. The van der Waals surface area contributed by atoms with Crippen molar-refractivity contribution in [2.45, 2.75) is 46.5 Å². The van der Waals surface area contributed by atoms with E-state index in [-0.39, 0.29) is 10.8 Å². The highest BCUT2D eigenvalue weighted by molar-refractivity contribution is 7.62. The summed E-state index contributed by atoms with van der Waals surface area (Å²) in [5, 5.41) is 0.386. The van der Waals surface area contributed by atoms with Gasteiger partial charge in [0.05, 0.1) is 5.30 Å². The standard InChI is InChI=1S/C20H25O3P/c1-19(2,3)13-20(4,5)14-10-11-18-16(12-14)15-8-6-7-9-17(15)23-24(18,21)22/h6-12H,13H2,1-5H3,(H,21,22). The quantitative estimate of drug-likeness (QED) is 0.755. The van der Waals surface area contributed by atoms with Gasteiger partial charge in [-0.15, -0.1) is 0 Å². The molecule has 0 fully saturated rings. The van der Waals surface area contributed by atoms with Crippen LogP contribution in [0, 0.1) is 5.41 Å². The first-order valence-corrected chi connectivity index (χ1v) is 9.84. The van der Waals surface area contributed by atoms with Crippen molar-refractivity contribution in [3.8, 4) is 16.9 Å². The van der Waals surface area contributed by atoms with Crippen molar-refractivity contribution in [1.82, 2.24) is 0 Å². The number of rotatable bonds is 2. The van der Waals surface area contributed by atoms with Crippen LogP contribution in [-0.2, 0) is 9.98 Å². The van der Waals surface area contributed by atoms with Crippen LogP contribution in [0.1, 0.15) is 46.6 Å². The molecule has 128 valence electrons. The normalized spacial score (nSPS) is 20.1. The molecule has 4 heteroatoms. The molecule has 0 aliphatic carbocycles. The lowest BCUT2D eigenvalue weighted by molar-refractivity contribution is 0.284. The van der Waals surface area contributed by atoms with Gasteiger partial charge in [0.1, 0.15) is 5.75 Å². The highest BCUT2D eigenvalue weighted by Crippen LogP contribution is 2.52. The second-order valence-corrected chi connectivity index (χ2v) is 10.2. The summed E-state index contributed by atoms with van der Waals surface area (Å²) in [6.45, 7) is 11.2. The second-order valence-electron chi connectivity index (χ2n) is 8.46. The first-order valence-electron chi connectivity index (χ1n) is 8.27. The van der Waals surface area contributed by atoms with Gasteiger partial charge in [-0.3, -0.25) is 0 Å². The van der Waals surface area contributed by atoms with Gasteiger partial charge in [-0.2, -0.15) is 0 Å². The Morgan fingerprint density at radius 1 is 1.00 bits per heavy atom. The van der Waals surface area contributed by atoms with Crippen LogP contribution < -0.4 is 9.83 Å². The van der Waals surface area contributed by atoms with Crippen LogP contribution in [0.5, 0.6) is 5.75 Å². The summed E-state index contributed by atoms with van der Waals surface area (Å²) in [4.78, 5) is 10.3. The molecule has 24 heavy (non-hydrogen) atoms. The van der Waals surface area contributed by atoms with Gasteiger partial charge in [0.25, 0.3) is 0 Å². The van der Waals surface area contributed by atoms with Gasteiger partial charge < -0.3 is 9.42 Å². The second kappa shape index (κ2) is 5.47. The minimum Gasteiger partial charge on any atom is -0.421 e. The summed E-state index contributed by atoms with van der Waals surface area (Å²) >= 11 is 0. The number of benzene rings is 2. The summed E-state index contributed by atoms with van der Waals surface area (Å²) in [5.74, 6) is 0.474. The first-order chi connectivity index (χ1) is 11.0. The molecule has 3 nitrogen and oxygen atoms in total. The Morgan fingerprint density at radius 2 is 1.67 bits per heavy atom. The predicted molar refractivity (Wildman–Crippen MR) is 99.1 cm³/mol. The molecule has 0 radical (unpaired) electrons. The molecule has 0 aromatic heterocycles. The molecule has 0 saturated carbocycles. The van der Waals surface area contributed by atoms with Crippen LogP contribution in [-0.4, -0.2) is 4.89 Å². The Balaban J connectivity index is 2.16. The Bertz CT molecular complexity index is 831. The molecular formula is C20H25O3P. The monoisotopic (exact) mass is 344 g/mol. The molecule has 1 unspecified atom stereocenters. The van der Waals surface area contributed by atoms with Crippen LogP contribution in [0.25, 0.3) is 11.1 Å². The molecule has 1 N–H and O–H groups in total. The van der Waals surface area contributed by atoms with Crippen molar-refractivity contribution in [3.63, 3.8) is 0 Å². The minimum atomic E-state index is -3.82. The van der Waals surface area contributed by atoms with Crippen molar-refractivity contribution >= 4 is 12.9 Å². The summed E-state index contributed by atoms with van der Waals surface area (Å²) in [6, 6.07) is 13.2. The van der Waals surface area contributed by atoms with Gasteiger partial charge in [-0.05, 0) is 41.0 Å². The third-order valence-electron chi connectivity index (χ3n) is 4.45. The van der Waals surface area contributed by atoms with E-state index >= 15 is 0 Å². The topological polar surface area (TPSA) is 46.5 Å². The number of fused-ring (bicyclic) bond motifs is 3.